The monoisotopic (exact) mass is 190 g/mol. The molecule has 0 fully saturated rings. The smallest absolute Gasteiger partial charge is 0.378 e. The Morgan fingerprint density at radius 2 is 1.54 bits per heavy atom. The third-order valence-corrected chi connectivity index (χ3v) is 1.18. The van der Waals surface area contributed by atoms with E-state index in [1.807, 2.05) is 31.1 Å². The minimum atomic E-state index is -3.67. The molecule has 72 valence electrons. The van der Waals surface area contributed by atoms with Crippen LogP contribution in [0.4, 0.5) is 18.6 Å². The minimum Gasteiger partial charge on any atom is -0.378 e. The first-order valence-electron chi connectivity index (χ1n) is 3.53. The SMILES string of the molecule is CN(C)c1ccncc1.FB(F)F. The molecule has 0 bridgehead atoms. The van der Waals surface area contributed by atoms with Crippen molar-refractivity contribution in [3.05, 3.63) is 24.5 Å². The molecule has 0 aliphatic heterocycles. The lowest BCUT2D eigenvalue weighted by atomic mass is 10.4. The van der Waals surface area contributed by atoms with E-state index >= 15 is 0 Å². The number of hydrogen-bond acceptors (Lipinski definition) is 2. The maximum absolute atomic E-state index is 9.67. The van der Waals surface area contributed by atoms with Gasteiger partial charge in [-0.25, -0.2) is 0 Å². The van der Waals surface area contributed by atoms with Gasteiger partial charge in [-0.3, -0.25) is 17.9 Å². The van der Waals surface area contributed by atoms with Gasteiger partial charge in [0.2, 0.25) is 0 Å². The van der Waals surface area contributed by atoms with Crippen LogP contribution in [0, 0.1) is 0 Å². The maximum Gasteiger partial charge on any atom is 0.762 e. The molecule has 13 heavy (non-hydrogen) atoms. The Morgan fingerprint density at radius 3 is 1.77 bits per heavy atom. The van der Waals surface area contributed by atoms with Crippen LogP contribution in [0.5, 0.6) is 0 Å². The molecular weight excluding hydrogens is 180 g/mol. The van der Waals surface area contributed by atoms with Gasteiger partial charge in [-0.2, -0.15) is 0 Å². The van der Waals surface area contributed by atoms with Gasteiger partial charge in [-0.15, -0.1) is 0 Å². The lowest BCUT2D eigenvalue weighted by molar-refractivity contribution is 0.535. The van der Waals surface area contributed by atoms with Gasteiger partial charge >= 0.3 is 7.54 Å². The van der Waals surface area contributed by atoms with Crippen molar-refractivity contribution in [3.8, 4) is 0 Å². The molecule has 0 aliphatic rings. The molecule has 1 rings (SSSR count). The molecule has 0 aromatic carbocycles. The topological polar surface area (TPSA) is 16.1 Å². The number of pyridine rings is 1. The highest BCUT2D eigenvalue weighted by atomic mass is 19.4. The van der Waals surface area contributed by atoms with Crippen LogP contribution >= 0.6 is 0 Å². The van der Waals surface area contributed by atoms with E-state index in [4.69, 9.17) is 0 Å². The van der Waals surface area contributed by atoms with Crippen LogP contribution in [0.2, 0.25) is 0 Å². The molecule has 0 unspecified atom stereocenters. The standard InChI is InChI=1S/C7H10N2.BF3/c1-9(2)7-3-5-8-6-4-7;2-1(3)4/h3-6H,1-2H3;. The molecule has 6 heteroatoms. The zero-order valence-corrected chi connectivity index (χ0v) is 7.42. The van der Waals surface area contributed by atoms with Crippen LogP contribution in [-0.2, 0) is 0 Å². The summed E-state index contributed by atoms with van der Waals surface area (Å²) in [7, 11) is 0.352. The predicted molar refractivity (Wildman–Crippen MR) is 47.6 cm³/mol. The summed E-state index contributed by atoms with van der Waals surface area (Å²) in [4.78, 5) is 5.94. The Bertz CT molecular complexity index is 215. The second-order valence-electron chi connectivity index (χ2n) is 2.35. The number of halogens is 3. The highest BCUT2D eigenvalue weighted by Crippen LogP contribution is 2.05. The number of hydrogen-bond donors (Lipinski definition) is 0. The zero-order chi connectivity index (χ0) is 10.3. The molecule has 1 heterocycles. The van der Waals surface area contributed by atoms with E-state index in [2.05, 4.69) is 4.98 Å². The third kappa shape index (κ3) is 7.18. The molecule has 0 atom stereocenters. The highest BCUT2D eigenvalue weighted by Gasteiger charge is 2.06. The van der Waals surface area contributed by atoms with Crippen LogP contribution in [0.15, 0.2) is 24.5 Å². The Kier molecular flexibility index (Phi) is 5.75. The van der Waals surface area contributed by atoms with Crippen molar-refractivity contribution in [2.24, 2.45) is 0 Å². The van der Waals surface area contributed by atoms with Gasteiger partial charge in [0.1, 0.15) is 0 Å². The summed E-state index contributed by atoms with van der Waals surface area (Å²) in [5, 5.41) is 0. The van der Waals surface area contributed by atoms with Crippen molar-refractivity contribution < 1.29 is 12.9 Å². The zero-order valence-electron chi connectivity index (χ0n) is 7.42. The molecule has 1 aromatic rings. The van der Waals surface area contributed by atoms with Gasteiger partial charge in [0, 0.05) is 32.2 Å². The van der Waals surface area contributed by atoms with Crippen molar-refractivity contribution in [3.63, 3.8) is 0 Å². The Labute approximate surface area is 75.6 Å². The van der Waals surface area contributed by atoms with E-state index in [0.717, 1.165) is 0 Å². The summed E-state index contributed by atoms with van der Waals surface area (Å²) in [6, 6.07) is 3.94. The summed E-state index contributed by atoms with van der Waals surface area (Å²) in [5.74, 6) is 0. The Balaban J connectivity index is 0.000000310. The first kappa shape index (κ1) is 11.8. The fourth-order valence-corrected chi connectivity index (χ4v) is 0.642. The van der Waals surface area contributed by atoms with Gasteiger partial charge < -0.3 is 4.90 Å². The largest absolute Gasteiger partial charge is 0.762 e. The summed E-state index contributed by atoms with van der Waals surface area (Å²) >= 11 is 0. The predicted octanol–water partition coefficient (Wildman–Crippen LogP) is 2.03. The molecule has 0 N–H and O–H groups in total. The molecule has 0 radical (unpaired) electrons. The molecule has 2 nitrogen and oxygen atoms in total. The average molecular weight is 190 g/mol. The van der Waals surface area contributed by atoms with Crippen LogP contribution in [-0.4, -0.2) is 26.6 Å². The van der Waals surface area contributed by atoms with E-state index in [-0.39, 0.29) is 0 Å². The van der Waals surface area contributed by atoms with Crippen molar-refractivity contribution in [1.29, 1.82) is 0 Å². The van der Waals surface area contributed by atoms with Crippen LogP contribution < -0.4 is 4.90 Å². The molecular formula is C7H10BF3N2. The quantitative estimate of drug-likeness (QED) is 0.629. The van der Waals surface area contributed by atoms with Crippen LogP contribution in [0.1, 0.15) is 0 Å². The van der Waals surface area contributed by atoms with Crippen LogP contribution in [0.25, 0.3) is 0 Å². The summed E-state index contributed by atoms with van der Waals surface area (Å²) in [6.45, 7) is 0. The molecule has 0 saturated heterocycles. The molecule has 0 spiro atoms. The fraction of sp³-hybridized carbons (Fsp3) is 0.286. The average Bonchev–Trinajstić information content (AvgIpc) is 2.05. The normalized spacial score (nSPS) is 8.38. The van der Waals surface area contributed by atoms with Gasteiger partial charge in [0.15, 0.2) is 0 Å². The first-order chi connectivity index (χ1) is 6.04. The Morgan fingerprint density at radius 1 is 1.15 bits per heavy atom. The van der Waals surface area contributed by atoms with Gasteiger partial charge in [-0.05, 0) is 12.1 Å². The van der Waals surface area contributed by atoms with E-state index in [1.165, 1.54) is 5.69 Å². The third-order valence-electron chi connectivity index (χ3n) is 1.18. The number of rotatable bonds is 1. The molecule has 1 aromatic heterocycles. The minimum absolute atomic E-state index is 1.19. The number of anilines is 1. The summed E-state index contributed by atoms with van der Waals surface area (Å²) in [5.41, 5.74) is 1.19. The van der Waals surface area contributed by atoms with Gasteiger partial charge in [0.25, 0.3) is 0 Å². The van der Waals surface area contributed by atoms with Crippen molar-refractivity contribution in [1.82, 2.24) is 4.98 Å². The molecule has 0 amide bonds. The highest BCUT2D eigenvalue weighted by molar-refractivity contribution is 6.33. The number of aromatic nitrogens is 1. The molecule has 0 aliphatic carbocycles. The van der Waals surface area contributed by atoms with Crippen molar-refractivity contribution in [2.75, 3.05) is 19.0 Å². The van der Waals surface area contributed by atoms with Gasteiger partial charge in [-0.1, -0.05) is 0 Å². The van der Waals surface area contributed by atoms with Crippen molar-refractivity contribution in [2.45, 2.75) is 0 Å². The number of nitrogens with zero attached hydrogens (tertiary/aromatic N) is 2. The van der Waals surface area contributed by atoms with Crippen molar-refractivity contribution >= 4 is 13.2 Å². The summed E-state index contributed by atoms with van der Waals surface area (Å²) < 4.78 is 29.0. The molecule has 0 saturated carbocycles. The second kappa shape index (κ2) is 6.34. The van der Waals surface area contributed by atoms with Crippen LogP contribution in [0.3, 0.4) is 0 Å². The lowest BCUT2D eigenvalue weighted by Gasteiger charge is -2.10. The van der Waals surface area contributed by atoms with E-state index in [9.17, 15) is 12.9 Å². The van der Waals surface area contributed by atoms with E-state index in [0.29, 0.717) is 0 Å². The first-order valence-corrected chi connectivity index (χ1v) is 3.53. The fourth-order valence-electron chi connectivity index (χ4n) is 0.642. The Hall–Kier alpha value is -1.20. The van der Waals surface area contributed by atoms with E-state index < -0.39 is 7.54 Å². The lowest BCUT2D eigenvalue weighted by Crippen LogP contribution is -2.07. The van der Waals surface area contributed by atoms with Gasteiger partial charge in [0.05, 0.1) is 0 Å². The van der Waals surface area contributed by atoms with E-state index in [1.54, 1.807) is 12.4 Å². The second-order valence-corrected chi connectivity index (χ2v) is 2.35. The summed E-state index contributed by atoms with van der Waals surface area (Å²) in [6.07, 6.45) is 3.57. The maximum atomic E-state index is 9.67.